The summed E-state index contributed by atoms with van der Waals surface area (Å²) in [6, 6.07) is 0. The minimum atomic E-state index is 0.279. The molecule has 0 amide bonds. The molecule has 0 aromatic carbocycles. The first-order valence-electron chi connectivity index (χ1n) is 5.98. The second kappa shape index (κ2) is 5.62. The van der Waals surface area contributed by atoms with Crippen LogP contribution in [0.25, 0.3) is 4.96 Å². The first-order valence-corrected chi connectivity index (χ1v) is 6.79. The summed E-state index contributed by atoms with van der Waals surface area (Å²) in [4.78, 5) is 6.91. The molecule has 17 heavy (non-hydrogen) atoms. The van der Waals surface area contributed by atoms with Crippen molar-refractivity contribution in [2.24, 2.45) is 0 Å². The Balaban J connectivity index is 1.99. The van der Waals surface area contributed by atoms with E-state index in [-0.39, 0.29) is 6.61 Å². The van der Waals surface area contributed by atoms with Gasteiger partial charge in [0.15, 0.2) is 4.96 Å². The third-order valence-electron chi connectivity index (χ3n) is 2.80. The highest BCUT2D eigenvalue weighted by atomic mass is 32.1. The van der Waals surface area contributed by atoms with Gasteiger partial charge in [-0.1, -0.05) is 0 Å². The second-order valence-electron chi connectivity index (χ2n) is 4.25. The van der Waals surface area contributed by atoms with Gasteiger partial charge in [0.25, 0.3) is 0 Å². The second-order valence-corrected chi connectivity index (χ2v) is 5.46. The van der Waals surface area contributed by atoms with Gasteiger partial charge in [-0.25, -0.2) is 4.98 Å². The zero-order chi connectivity index (χ0) is 12.3. The van der Waals surface area contributed by atoms with Crippen molar-refractivity contribution >= 4 is 16.3 Å². The van der Waals surface area contributed by atoms with E-state index in [2.05, 4.69) is 34.7 Å². The lowest BCUT2D eigenvalue weighted by Gasteiger charge is -2.04. The molecule has 0 aliphatic heterocycles. The summed E-state index contributed by atoms with van der Waals surface area (Å²) < 4.78 is 2.17. The van der Waals surface area contributed by atoms with Crippen LogP contribution in [-0.2, 0) is 6.54 Å². The van der Waals surface area contributed by atoms with Gasteiger partial charge in [0.2, 0.25) is 0 Å². The number of aromatic nitrogens is 2. The van der Waals surface area contributed by atoms with E-state index < -0.39 is 0 Å². The first kappa shape index (κ1) is 12.5. The Morgan fingerprint density at radius 3 is 3.00 bits per heavy atom. The van der Waals surface area contributed by atoms with Crippen LogP contribution in [-0.4, -0.2) is 27.6 Å². The number of imidazole rings is 1. The van der Waals surface area contributed by atoms with E-state index in [4.69, 9.17) is 5.11 Å². The monoisotopic (exact) mass is 253 g/mol. The van der Waals surface area contributed by atoms with Gasteiger partial charge < -0.3 is 10.4 Å². The van der Waals surface area contributed by atoms with E-state index in [9.17, 15) is 0 Å². The van der Waals surface area contributed by atoms with Crippen molar-refractivity contribution in [3.8, 4) is 0 Å². The van der Waals surface area contributed by atoms with Crippen LogP contribution < -0.4 is 5.32 Å². The molecule has 0 radical (unpaired) electrons. The molecule has 2 rings (SSSR count). The average molecular weight is 253 g/mol. The summed E-state index contributed by atoms with van der Waals surface area (Å²) in [5.41, 5.74) is 2.35. The fraction of sp³-hybridized carbons (Fsp3) is 0.583. The maximum atomic E-state index is 8.70. The number of nitrogens with one attached hydrogen (secondary N) is 1. The van der Waals surface area contributed by atoms with Crippen LogP contribution in [0.2, 0.25) is 0 Å². The van der Waals surface area contributed by atoms with Gasteiger partial charge in [0, 0.05) is 24.2 Å². The Morgan fingerprint density at radius 2 is 2.24 bits per heavy atom. The van der Waals surface area contributed by atoms with E-state index in [1.165, 1.54) is 10.6 Å². The topological polar surface area (TPSA) is 49.6 Å². The molecule has 0 spiro atoms. The molecule has 0 saturated heterocycles. The van der Waals surface area contributed by atoms with E-state index in [0.29, 0.717) is 0 Å². The number of thiazole rings is 1. The van der Waals surface area contributed by atoms with Crippen molar-refractivity contribution in [3.63, 3.8) is 0 Å². The lowest BCUT2D eigenvalue weighted by molar-refractivity contribution is 0.283. The van der Waals surface area contributed by atoms with E-state index >= 15 is 0 Å². The number of hydrogen-bond donors (Lipinski definition) is 2. The van der Waals surface area contributed by atoms with Crippen molar-refractivity contribution < 1.29 is 5.11 Å². The number of fused-ring (bicyclic) bond motifs is 1. The van der Waals surface area contributed by atoms with Crippen molar-refractivity contribution in [1.82, 2.24) is 14.7 Å². The maximum Gasteiger partial charge on any atom is 0.194 e. The molecule has 2 aromatic heterocycles. The normalized spacial score (nSPS) is 11.5. The molecular weight excluding hydrogens is 234 g/mol. The molecule has 0 aliphatic rings. The highest BCUT2D eigenvalue weighted by Crippen LogP contribution is 2.20. The van der Waals surface area contributed by atoms with Gasteiger partial charge in [-0.2, -0.15) is 0 Å². The maximum absolute atomic E-state index is 8.70. The largest absolute Gasteiger partial charge is 0.396 e. The van der Waals surface area contributed by atoms with E-state index in [1.54, 1.807) is 11.3 Å². The summed E-state index contributed by atoms with van der Waals surface area (Å²) in [6.07, 6.45) is 4.02. The first-order chi connectivity index (χ1) is 8.22. The Labute approximate surface area is 105 Å². The van der Waals surface area contributed by atoms with Crippen molar-refractivity contribution in [2.75, 3.05) is 13.2 Å². The van der Waals surface area contributed by atoms with Crippen LogP contribution in [0.5, 0.6) is 0 Å². The predicted octanol–water partition coefficient (Wildman–Crippen LogP) is 1.87. The summed E-state index contributed by atoms with van der Waals surface area (Å²) in [5, 5.41) is 12.1. The minimum Gasteiger partial charge on any atom is -0.396 e. The molecule has 4 nitrogen and oxygen atoms in total. The van der Waals surface area contributed by atoms with Crippen LogP contribution >= 0.6 is 11.3 Å². The van der Waals surface area contributed by atoms with Gasteiger partial charge in [0.05, 0.1) is 11.4 Å². The molecule has 2 heterocycles. The molecule has 5 heteroatoms. The number of rotatable bonds is 6. The number of aliphatic hydroxyl groups excluding tert-OH is 1. The molecule has 2 aromatic rings. The van der Waals surface area contributed by atoms with Gasteiger partial charge in [-0.3, -0.25) is 4.40 Å². The molecule has 94 valence electrons. The summed E-state index contributed by atoms with van der Waals surface area (Å²) in [6.45, 7) is 6.22. The van der Waals surface area contributed by atoms with Crippen LogP contribution in [0.15, 0.2) is 6.20 Å². The highest BCUT2D eigenvalue weighted by molar-refractivity contribution is 7.17. The van der Waals surface area contributed by atoms with Gasteiger partial charge in [-0.15, -0.1) is 11.3 Å². The molecular formula is C12H19N3OS. The Morgan fingerprint density at radius 1 is 1.41 bits per heavy atom. The molecule has 0 saturated carbocycles. The number of hydrogen-bond acceptors (Lipinski definition) is 4. The predicted molar refractivity (Wildman–Crippen MR) is 70.6 cm³/mol. The standard InChI is InChI=1S/C12H19N3OS/c1-9-8-15-11(7-13-5-3-4-6-16)10(2)14-12(15)17-9/h8,13,16H,3-7H2,1-2H3. The van der Waals surface area contributed by atoms with Crippen LogP contribution in [0.1, 0.15) is 29.1 Å². The molecule has 0 aliphatic carbocycles. The number of aryl methyl sites for hydroxylation is 2. The van der Waals surface area contributed by atoms with Crippen molar-refractivity contribution in [3.05, 3.63) is 22.5 Å². The number of unbranched alkanes of at least 4 members (excludes halogenated alkanes) is 1. The third-order valence-corrected chi connectivity index (χ3v) is 3.69. The summed E-state index contributed by atoms with van der Waals surface area (Å²) in [7, 11) is 0. The van der Waals surface area contributed by atoms with Gasteiger partial charge in [-0.05, 0) is 33.2 Å². The van der Waals surface area contributed by atoms with Crippen LogP contribution in [0, 0.1) is 13.8 Å². The highest BCUT2D eigenvalue weighted by Gasteiger charge is 2.10. The summed E-state index contributed by atoms with van der Waals surface area (Å²) >= 11 is 1.73. The lowest BCUT2D eigenvalue weighted by atomic mass is 10.3. The average Bonchev–Trinajstić information content (AvgIpc) is 2.75. The smallest absolute Gasteiger partial charge is 0.194 e. The van der Waals surface area contributed by atoms with Crippen molar-refractivity contribution in [1.29, 1.82) is 0 Å². The molecule has 0 unspecified atom stereocenters. The fourth-order valence-corrected chi connectivity index (χ4v) is 2.78. The molecule has 0 bridgehead atoms. The molecule has 0 fully saturated rings. The Bertz CT molecular complexity index is 489. The fourth-order valence-electron chi connectivity index (χ4n) is 1.89. The number of nitrogens with zero attached hydrogens (tertiary/aromatic N) is 2. The van der Waals surface area contributed by atoms with Gasteiger partial charge in [0.1, 0.15) is 0 Å². The Hall–Kier alpha value is -0.910. The molecule has 0 atom stereocenters. The number of aliphatic hydroxyl groups is 1. The zero-order valence-electron chi connectivity index (χ0n) is 10.4. The van der Waals surface area contributed by atoms with E-state index in [1.807, 2.05) is 0 Å². The zero-order valence-corrected chi connectivity index (χ0v) is 11.2. The van der Waals surface area contributed by atoms with E-state index in [0.717, 1.165) is 36.6 Å². The van der Waals surface area contributed by atoms with Crippen molar-refractivity contribution in [2.45, 2.75) is 33.2 Å². The molecule has 2 N–H and O–H groups in total. The lowest BCUT2D eigenvalue weighted by Crippen LogP contribution is -2.16. The SMILES string of the molecule is Cc1cn2c(CNCCCCO)c(C)nc2s1. The quantitative estimate of drug-likeness (QED) is 0.773. The summed E-state index contributed by atoms with van der Waals surface area (Å²) in [5.74, 6) is 0. The third kappa shape index (κ3) is 2.86. The van der Waals surface area contributed by atoms with Crippen LogP contribution in [0.3, 0.4) is 0 Å². The van der Waals surface area contributed by atoms with Crippen LogP contribution in [0.4, 0.5) is 0 Å². The minimum absolute atomic E-state index is 0.279. The Kier molecular flexibility index (Phi) is 4.15. The van der Waals surface area contributed by atoms with Gasteiger partial charge >= 0.3 is 0 Å².